The zero-order valence-corrected chi connectivity index (χ0v) is 14.6. The van der Waals surface area contributed by atoms with Gasteiger partial charge in [-0.15, -0.1) is 0 Å². The van der Waals surface area contributed by atoms with E-state index in [1.165, 1.54) is 45.3 Å². The maximum absolute atomic E-state index is 12.5. The van der Waals surface area contributed by atoms with Crippen molar-refractivity contribution in [3.63, 3.8) is 0 Å². The zero-order chi connectivity index (χ0) is 16.6. The summed E-state index contributed by atoms with van der Waals surface area (Å²) in [5.41, 5.74) is 0.606. The van der Waals surface area contributed by atoms with Crippen LogP contribution in [0.2, 0.25) is 0 Å². The van der Waals surface area contributed by atoms with E-state index < -0.39 is 0 Å². The number of amides is 1. The van der Waals surface area contributed by atoms with Crippen LogP contribution >= 0.6 is 0 Å². The molecule has 1 amide bonds. The van der Waals surface area contributed by atoms with Gasteiger partial charge in [-0.2, -0.15) is 0 Å². The molecule has 1 spiro atoms. The normalized spacial score (nSPS) is 27.2. The lowest BCUT2D eigenvalue weighted by Crippen LogP contribution is -2.66. The predicted molar refractivity (Wildman–Crippen MR) is 91.0 cm³/mol. The Labute approximate surface area is 143 Å². The molecule has 1 aromatic heterocycles. The fraction of sp³-hybridized carbons (Fsp3) is 0.737. The van der Waals surface area contributed by atoms with Crippen LogP contribution < -0.4 is 0 Å². The van der Waals surface area contributed by atoms with Crippen molar-refractivity contribution >= 4 is 5.91 Å². The molecule has 4 rings (SSSR count). The van der Waals surface area contributed by atoms with Crippen molar-refractivity contribution in [2.24, 2.45) is 5.92 Å². The molecule has 0 saturated carbocycles. The van der Waals surface area contributed by atoms with Crippen molar-refractivity contribution in [3.8, 4) is 0 Å². The van der Waals surface area contributed by atoms with E-state index in [0.717, 1.165) is 26.1 Å². The molecule has 1 atom stereocenters. The molecule has 0 aromatic carbocycles. The summed E-state index contributed by atoms with van der Waals surface area (Å²) in [6.45, 7) is 7.85. The molecular formula is C19H28N2O3. The summed E-state index contributed by atoms with van der Waals surface area (Å²) in [6, 6.07) is 1.76. The number of piperidine rings is 1. The summed E-state index contributed by atoms with van der Waals surface area (Å²) in [7, 11) is 0. The number of rotatable bonds is 3. The van der Waals surface area contributed by atoms with E-state index in [9.17, 15) is 4.79 Å². The van der Waals surface area contributed by atoms with Gasteiger partial charge in [0.15, 0.2) is 0 Å². The first kappa shape index (κ1) is 16.2. The monoisotopic (exact) mass is 332 g/mol. The number of ether oxygens (including phenoxy) is 1. The molecule has 0 N–H and O–H groups in total. The third-order valence-corrected chi connectivity index (χ3v) is 5.93. The third-order valence-electron chi connectivity index (χ3n) is 5.93. The Balaban J connectivity index is 1.25. The smallest absolute Gasteiger partial charge is 0.257 e. The van der Waals surface area contributed by atoms with Gasteiger partial charge in [-0.3, -0.25) is 4.79 Å². The van der Waals surface area contributed by atoms with E-state index in [1.54, 1.807) is 12.3 Å². The molecule has 132 valence electrons. The predicted octanol–water partition coefficient (Wildman–Crippen LogP) is 2.70. The van der Waals surface area contributed by atoms with Crippen LogP contribution in [0.1, 0.15) is 48.2 Å². The van der Waals surface area contributed by atoms with Gasteiger partial charge in [0.2, 0.25) is 0 Å². The number of carbonyl (C=O) groups excluding carboxylic acids is 1. The van der Waals surface area contributed by atoms with Crippen LogP contribution in [0, 0.1) is 12.8 Å². The minimum Gasteiger partial charge on any atom is -0.469 e. The highest BCUT2D eigenvalue weighted by molar-refractivity contribution is 5.95. The molecule has 0 unspecified atom stereocenters. The number of aryl methyl sites for hydroxylation is 1. The second-order valence-corrected chi connectivity index (χ2v) is 7.81. The first-order valence-electron chi connectivity index (χ1n) is 9.35. The Morgan fingerprint density at radius 3 is 2.71 bits per heavy atom. The van der Waals surface area contributed by atoms with Gasteiger partial charge in [-0.25, -0.2) is 0 Å². The minimum absolute atomic E-state index is 0.0749. The summed E-state index contributed by atoms with van der Waals surface area (Å²) >= 11 is 0. The molecule has 3 fully saturated rings. The van der Waals surface area contributed by atoms with E-state index in [0.29, 0.717) is 17.2 Å². The number of hydrogen-bond donors (Lipinski definition) is 0. The topological polar surface area (TPSA) is 45.9 Å². The van der Waals surface area contributed by atoms with E-state index >= 15 is 0 Å². The standard InChI is InChI=1S/C19H28N2O3/c1-15-17(6-10-23-15)18(22)21-13-19(14-21)7-5-16(12-24-19)11-20-8-3-2-4-9-20/h6,10,16H,2-5,7-9,11-14H2,1H3/t16-/m1/s1. The average molecular weight is 332 g/mol. The zero-order valence-electron chi connectivity index (χ0n) is 14.6. The number of carbonyl (C=O) groups is 1. The Morgan fingerprint density at radius 1 is 1.29 bits per heavy atom. The van der Waals surface area contributed by atoms with E-state index in [4.69, 9.17) is 9.15 Å². The number of likely N-dealkylation sites (tertiary alicyclic amines) is 2. The molecule has 5 heteroatoms. The molecule has 3 aliphatic heterocycles. The van der Waals surface area contributed by atoms with Crippen LogP contribution in [0.3, 0.4) is 0 Å². The van der Waals surface area contributed by atoms with Gasteiger partial charge in [0.25, 0.3) is 5.91 Å². The van der Waals surface area contributed by atoms with Crippen molar-refractivity contribution in [2.75, 3.05) is 39.3 Å². The minimum atomic E-state index is -0.0777. The first-order chi connectivity index (χ1) is 11.7. The van der Waals surface area contributed by atoms with Crippen molar-refractivity contribution in [2.45, 2.75) is 44.6 Å². The molecule has 3 saturated heterocycles. The summed E-state index contributed by atoms with van der Waals surface area (Å²) in [5, 5.41) is 0. The van der Waals surface area contributed by atoms with Crippen LogP contribution in [-0.4, -0.2) is 60.6 Å². The SMILES string of the molecule is Cc1occc1C(=O)N1CC2(CC[C@H](CN3CCCCC3)CO2)C1. The quantitative estimate of drug-likeness (QED) is 0.854. The molecule has 0 aliphatic carbocycles. The summed E-state index contributed by atoms with van der Waals surface area (Å²) < 4.78 is 11.5. The molecule has 0 bridgehead atoms. The summed E-state index contributed by atoms with van der Waals surface area (Å²) in [5.74, 6) is 1.44. The Bertz CT molecular complexity index is 575. The Hall–Kier alpha value is -1.33. The van der Waals surface area contributed by atoms with Crippen molar-refractivity contribution in [3.05, 3.63) is 23.7 Å². The summed E-state index contributed by atoms with van der Waals surface area (Å²) in [4.78, 5) is 17.0. The largest absolute Gasteiger partial charge is 0.469 e. The van der Waals surface area contributed by atoms with Crippen LogP contribution in [-0.2, 0) is 4.74 Å². The number of nitrogens with zero attached hydrogens (tertiary/aromatic N) is 2. The van der Waals surface area contributed by atoms with E-state index in [-0.39, 0.29) is 11.5 Å². The number of hydrogen-bond acceptors (Lipinski definition) is 4. The van der Waals surface area contributed by atoms with Gasteiger partial charge in [0.1, 0.15) is 11.4 Å². The van der Waals surface area contributed by atoms with Crippen LogP contribution in [0.25, 0.3) is 0 Å². The molecule has 0 radical (unpaired) electrons. The van der Waals surface area contributed by atoms with Crippen LogP contribution in [0.15, 0.2) is 16.7 Å². The fourth-order valence-electron chi connectivity index (χ4n) is 4.39. The fourth-order valence-corrected chi connectivity index (χ4v) is 4.39. The molecule has 1 aromatic rings. The van der Waals surface area contributed by atoms with E-state index in [1.807, 2.05) is 11.8 Å². The Morgan fingerprint density at radius 2 is 2.08 bits per heavy atom. The van der Waals surface area contributed by atoms with Crippen LogP contribution in [0.5, 0.6) is 0 Å². The van der Waals surface area contributed by atoms with Gasteiger partial charge in [0.05, 0.1) is 31.5 Å². The van der Waals surface area contributed by atoms with Crippen molar-refractivity contribution < 1.29 is 13.9 Å². The Kier molecular flexibility index (Phi) is 4.39. The van der Waals surface area contributed by atoms with Gasteiger partial charge in [0, 0.05) is 6.54 Å². The van der Waals surface area contributed by atoms with Gasteiger partial charge in [-0.05, 0) is 57.7 Å². The molecule has 4 heterocycles. The maximum atomic E-state index is 12.5. The number of furan rings is 1. The molecule has 3 aliphatic rings. The second kappa shape index (κ2) is 6.52. The lowest BCUT2D eigenvalue weighted by molar-refractivity contribution is -0.168. The highest BCUT2D eigenvalue weighted by Gasteiger charge is 2.48. The first-order valence-corrected chi connectivity index (χ1v) is 9.35. The molecular weight excluding hydrogens is 304 g/mol. The second-order valence-electron chi connectivity index (χ2n) is 7.81. The van der Waals surface area contributed by atoms with E-state index in [2.05, 4.69) is 4.90 Å². The van der Waals surface area contributed by atoms with Crippen molar-refractivity contribution in [1.29, 1.82) is 0 Å². The third kappa shape index (κ3) is 3.11. The highest BCUT2D eigenvalue weighted by Crippen LogP contribution is 2.37. The van der Waals surface area contributed by atoms with Gasteiger partial charge >= 0.3 is 0 Å². The molecule has 5 nitrogen and oxygen atoms in total. The van der Waals surface area contributed by atoms with Crippen LogP contribution in [0.4, 0.5) is 0 Å². The highest BCUT2D eigenvalue weighted by atomic mass is 16.5. The average Bonchev–Trinajstić information content (AvgIpc) is 3.00. The van der Waals surface area contributed by atoms with Gasteiger partial charge in [-0.1, -0.05) is 6.42 Å². The van der Waals surface area contributed by atoms with Gasteiger partial charge < -0.3 is 19.0 Å². The summed E-state index contributed by atoms with van der Waals surface area (Å²) in [6.07, 6.45) is 7.98. The molecule has 24 heavy (non-hydrogen) atoms. The maximum Gasteiger partial charge on any atom is 0.257 e. The van der Waals surface area contributed by atoms with Crippen molar-refractivity contribution in [1.82, 2.24) is 9.80 Å². The lowest BCUT2D eigenvalue weighted by atomic mass is 9.82. The lowest BCUT2D eigenvalue weighted by Gasteiger charge is -2.53.